The molecule has 3 aromatic rings. The lowest BCUT2D eigenvalue weighted by molar-refractivity contribution is 0.250. The summed E-state index contributed by atoms with van der Waals surface area (Å²) in [6, 6.07) is 27.9. The molecule has 148 valence electrons. The van der Waals surface area contributed by atoms with Gasteiger partial charge in [0.15, 0.2) is 0 Å². The largest absolute Gasteiger partial charge is 0.369 e. The highest BCUT2D eigenvalue weighted by Crippen LogP contribution is 2.20. The molecule has 5 nitrogen and oxygen atoms in total. The summed E-state index contributed by atoms with van der Waals surface area (Å²) in [6.45, 7) is 5.12. The maximum absolute atomic E-state index is 12.1. The Hall–Kier alpha value is -3.31. The Kier molecular flexibility index (Phi) is 6.07. The molecule has 1 aliphatic heterocycles. The number of rotatable bonds is 5. The summed E-state index contributed by atoms with van der Waals surface area (Å²) in [4.78, 5) is 17.0. The molecule has 0 spiro atoms. The fraction of sp³-hybridized carbons (Fsp3) is 0.208. The minimum absolute atomic E-state index is 0.238. The van der Waals surface area contributed by atoms with Crippen molar-refractivity contribution in [3.63, 3.8) is 0 Å². The fourth-order valence-electron chi connectivity index (χ4n) is 3.58. The van der Waals surface area contributed by atoms with Crippen LogP contribution >= 0.6 is 0 Å². The molecule has 0 aliphatic carbocycles. The number of benzene rings is 3. The highest BCUT2D eigenvalue weighted by atomic mass is 16.2. The number of urea groups is 1. The molecule has 0 unspecified atom stereocenters. The number of piperazine rings is 1. The zero-order chi connectivity index (χ0) is 19.9. The smallest absolute Gasteiger partial charge is 0.323 e. The van der Waals surface area contributed by atoms with E-state index in [0.717, 1.165) is 44.1 Å². The Morgan fingerprint density at radius 1 is 0.690 bits per heavy atom. The Balaban J connectivity index is 1.27. The quantitative estimate of drug-likeness (QED) is 0.671. The Labute approximate surface area is 172 Å². The molecule has 2 amide bonds. The lowest BCUT2D eigenvalue weighted by Crippen LogP contribution is -2.45. The number of nitrogens with one attached hydrogen (secondary N) is 2. The van der Waals surface area contributed by atoms with Crippen LogP contribution in [0.4, 0.5) is 21.9 Å². The predicted molar refractivity (Wildman–Crippen MR) is 119 cm³/mol. The van der Waals surface area contributed by atoms with Crippen LogP contribution in [0.15, 0.2) is 84.9 Å². The van der Waals surface area contributed by atoms with Crippen molar-refractivity contribution in [3.05, 3.63) is 90.5 Å². The fourth-order valence-corrected chi connectivity index (χ4v) is 3.58. The van der Waals surface area contributed by atoms with Crippen molar-refractivity contribution in [3.8, 4) is 0 Å². The molecule has 1 saturated heterocycles. The second kappa shape index (κ2) is 9.26. The van der Waals surface area contributed by atoms with E-state index in [1.165, 1.54) is 11.3 Å². The summed E-state index contributed by atoms with van der Waals surface area (Å²) >= 11 is 0. The third-order valence-corrected chi connectivity index (χ3v) is 5.14. The van der Waals surface area contributed by atoms with E-state index in [1.54, 1.807) is 0 Å². The molecule has 5 heteroatoms. The van der Waals surface area contributed by atoms with Gasteiger partial charge in [0.05, 0.1) is 0 Å². The minimum Gasteiger partial charge on any atom is -0.369 e. The molecule has 0 atom stereocenters. The van der Waals surface area contributed by atoms with Crippen molar-refractivity contribution < 1.29 is 4.79 Å². The standard InChI is InChI=1S/C24H26N4O/c29-24(25-21-9-5-2-6-10-21)26-22-11-13-23(14-12-22)28-17-15-27(16-18-28)19-20-7-3-1-4-8-20/h1-14H,15-19H2,(H2,25,26,29). The number of nitrogens with zero attached hydrogens (tertiary/aromatic N) is 2. The minimum atomic E-state index is -0.238. The Morgan fingerprint density at radius 2 is 1.24 bits per heavy atom. The monoisotopic (exact) mass is 386 g/mol. The lowest BCUT2D eigenvalue weighted by Gasteiger charge is -2.36. The van der Waals surface area contributed by atoms with Crippen LogP contribution < -0.4 is 15.5 Å². The molecule has 1 aliphatic rings. The van der Waals surface area contributed by atoms with Crippen LogP contribution in [0.2, 0.25) is 0 Å². The van der Waals surface area contributed by atoms with Gasteiger partial charge in [0.25, 0.3) is 0 Å². The van der Waals surface area contributed by atoms with Crippen LogP contribution in [0.3, 0.4) is 0 Å². The van der Waals surface area contributed by atoms with Crippen LogP contribution in [0.5, 0.6) is 0 Å². The normalized spacial score (nSPS) is 14.4. The van der Waals surface area contributed by atoms with Crippen molar-refractivity contribution in [2.75, 3.05) is 41.7 Å². The van der Waals surface area contributed by atoms with Crippen LogP contribution in [0, 0.1) is 0 Å². The number of carbonyl (C=O) groups excluding carboxylic acids is 1. The number of hydrogen-bond acceptors (Lipinski definition) is 3. The summed E-state index contributed by atoms with van der Waals surface area (Å²) in [5.74, 6) is 0. The van der Waals surface area contributed by atoms with Crippen molar-refractivity contribution in [2.45, 2.75) is 6.54 Å². The number of hydrogen-bond donors (Lipinski definition) is 2. The Morgan fingerprint density at radius 3 is 1.86 bits per heavy atom. The zero-order valence-electron chi connectivity index (χ0n) is 16.4. The second-order valence-corrected chi connectivity index (χ2v) is 7.24. The summed E-state index contributed by atoms with van der Waals surface area (Å²) in [6.07, 6.45) is 0. The first-order valence-electron chi connectivity index (χ1n) is 10.0. The first-order chi connectivity index (χ1) is 14.3. The van der Waals surface area contributed by atoms with Gasteiger partial charge in [-0.05, 0) is 42.0 Å². The van der Waals surface area contributed by atoms with Crippen LogP contribution in [-0.2, 0) is 6.54 Å². The first-order valence-corrected chi connectivity index (χ1v) is 10.0. The van der Waals surface area contributed by atoms with Crippen molar-refractivity contribution >= 4 is 23.1 Å². The molecule has 0 radical (unpaired) electrons. The molecule has 0 bridgehead atoms. The van der Waals surface area contributed by atoms with Gasteiger partial charge in [-0.25, -0.2) is 4.79 Å². The third kappa shape index (κ3) is 5.36. The maximum atomic E-state index is 12.1. The zero-order valence-corrected chi connectivity index (χ0v) is 16.4. The summed E-state index contributed by atoms with van der Waals surface area (Å²) in [7, 11) is 0. The maximum Gasteiger partial charge on any atom is 0.323 e. The molecular weight excluding hydrogens is 360 g/mol. The van der Waals surface area contributed by atoms with E-state index >= 15 is 0 Å². The SMILES string of the molecule is O=C(Nc1ccccc1)Nc1ccc(N2CCN(Cc3ccccc3)CC2)cc1. The van der Waals surface area contributed by atoms with Gasteiger partial charge >= 0.3 is 6.03 Å². The van der Waals surface area contributed by atoms with E-state index in [4.69, 9.17) is 0 Å². The van der Waals surface area contributed by atoms with E-state index in [9.17, 15) is 4.79 Å². The van der Waals surface area contributed by atoms with Gasteiger partial charge in [-0.1, -0.05) is 48.5 Å². The van der Waals surface area contributed by atoms with Crippen molar-refractivity contribution in [1.82, 2.24) is 4.90 Å². The highest BCUT2D eigenvalue weighted by molar-refractivity contribution is 5.99. The number of amides is 2. The van der Waals surface area contributed by atoms with Gasteiger partial charge in [-0.3, -0.25) is 4.90 Å². The lowest BCUT2D eigenvalue weighted by atomic mass is 10.2. The summed E-state index contributed by atoms with van der Waals surface area (Å²) in [5, 5.41) is 5.71. The Bertz CT molecular complexity index is 905. The number of anilines is 3. The molecular formula is C24H26N4O. The van der Waals surface area contributed by atoms with Crippen LogP contribution in [0.25, 0.3) is 0 Å². The van der Waals surface area contributed by atoms with Crippen LogP contribution in [0.1, 0.15) is 5.56 Å². The van der Waals surface area contributed by atoms with E-state index in [0.29, 0.717) is 0 Å². The average Bonchev–Trinajstić information content (AvgIpc) is 2.76. The number of para-hydroxylation sites is 1. The van der Waals surface area contributed by atoms with E-state index in [1.807, 2.05) is 42.5 Å². The molecule has 29 heavy (non-hydrogen) atoms. The van der Waals surface area contributed by atoms with Crippen molar-refractivity contribution in [1.29, 1.82) is 0 Å². The topological polar surface area (TPSA) is 47.6 Å². The van der Waals surface area contributed by atoms with Gasteiger partial charge in [0.1, 0.15) is 0 Å². The first kappa shape index (κ1) is 19.0. The third-order valence-electron chi connectivity index (χ3n) is 5.14. The molecule has 1 heterocycles. The van der Waals surface area contributed by atoms with Crippen LogP contribution in [-0.4, -0.2) is 37.1 Å². The number of carbonyl (C=O) groups is 1. The molecule has 4 rings (SSSR count). The average molecular weight is 386 g/mol. The molecule has 3 aromatic carbocycles. The molecule has 1 fully saturated rings. The van der Waals surface area contributed by atoms with E-state index < -0.39 is 0 Å². The molecule has 2 N–H and O–H groups in total. The second-order valence-electron chi connectivity index (χ2n) is 7.24. The summed E-state index contributed by atoms with van der Waals surface area (Å²) in [5.41, 5.74) is 4.11. The van der Waals surface area contributed by atoms with Crippen molar-refractivity contribution in [2.24, 2.45) is 0 Å². The van der Waals surface area contributed by atoms with Gasteiger partial charge in [0.2, 0.25) is 0 Å². The van der Waals surface area contributed by atoms with Gasteiger partial charge in [-0.2, -0.15) is 0 Å². The van der Waals surface area contributed by atoms with E-state index in [-0.39, 0.29) is 6.03 Å². The van der Waals surface area contributed by atoms with Gasteiger partial charge < -0.3 is 15.5 Å². The molecule has 0 aromatic heterocycles. The van der Waals surface area contributed by atoms with Gasteiger partial charge in [-0.15, -0.1) is 0 Å². The predicted octanol–water partition coefficient (Wildman–Crippen LogP) is 4.65. The highest BCUT2D eigenvalue weighted by Gasteiger charge is 2.17. The molecule has 0 saturated carbocycles. The van der Waals surface area contributed by atoms with E-state index in [2.05, 4.69) is 62.9 Å². The summed E-state index contributed by atoms with van der Waals surface area (Å²) < 4.78 is 0. The van der Waals surface area contributed by atoms with Gasteiger partial charge in [0, 0.05) is 49.8 Å².